The third-order valence-corrected chi connectivity index (χ3v) is 4.39. The number of nitrogens with zero attached hydrogens (tertiary/aromatic N) is 3. The number of hydrogen-bond acceptors (Lipinski definition) is 6. The van der Waals surface area contributed by atoms with Crippen molar-refractivity contribution in [3.8, 4) is 22.4 Å². The third kappa shape index (κ3) is 4.93. The number of carbonyl (C=O) groups excluding carboxylic acids is 1. The number of ether oxygens (including phenoxy) is 2. The molecule has 0 aliphatic heterocycles. The van der Waals surface area contributed by atoms with Gasteiger partial charge in [-0.1, -0.05) is 26.0 Å². The molecule has 8 heteroatoms. The monoisotopic (exact) mass is 386 g/mol. The number of methoxy groups -OCH3 is 1. The van der Waals surface area contributed by atoms with Gasteiger partial charge < -0.3 is 14.8 Å². The fourth-order valence-electron chi connectivity index (χ4n) is 2.38. The summed E-state index contributed by atoms with van der Waals surface area (Å²) in [5.41, 5.74) is 1.44. The highest BCUT2D eigenvalue weighted by molar-refractivity contribution is 7.13. The summed E-state index contributed by atoms with van der Waals surface area (Å²) in [7, 11) is 1.48. The van der Waals surface area contributed by atoms with E-state index in [9.17, 15) is 4.79 Å². The zero-order chi connectivity index (χ0) is 19.2. The van der Waals surface area contributed by atoms with Crippen LogP contribution in [-0.2, 0) is 9.53 Å². The summed E-state index contributed by atoms with van der Waals surface area (Å²) in [6.45, 7) is 4.69. The Hall–Kier alpha value is -2.71. The van der Waals surface area contributed by atoms with E-state index in [1.54, 1.807) is 16.0 Å². The second-order valence-electron chi connectivity index (χ2n) is 6.34. The van der Waals surface area contributed by atoms with Crippen molar-refractivity contribution in [1.82, 2.24) is 14.8 Å². The first-order valence-corrected chi connectivity index (χ1v) is 9.47. The summed E-state index contributed by atoms with van der Waals surface area (Å²) >= 11 is 1.58. The zero-order valence-electron chi connectivity index (χ0n) is 15.5. The molecular weight excluding hydrogens is 364 g/mol. The molecule has 0 radical (unpaired) electrons. The van der Waals surface area contributed by atoms with Gasteiger partial charge in [0.25, 0.3) is 0 Å². The molecule has 0 aliphatic rings. The van der Waals surface area contributed by atoms with Gasteiger partial charge in [-0.15, -0.1) is 16.4 Å². The molecule has 0 unspecified atom stereocenters. The predicted molar refractivity (Wildman–Crippen MR) is 106 cm³/mol. The van der Waals surface area contributed by atoms with Crippen LogP contribution in [0.3, 0.4) is 0 Å². The van der Waals surface area contributed by atoms with E-state index in [0.29, 0.717) is 30.0 Å². The SMILES string of the molecule is COCC(=O)Nc1cccc(-n2nc(OCC(C)C)nc2-c2cccs2)c1. The van der Waals surface area contributed by atoms with E-state index in [1.807, 2.05) is 41.8 Å². The van der Waals surface area contributed by atoms with E-state index in [0.717, 1.165) is 10.6 Å². The highest BCUT2D eigenvalue weighted by Gasteiger charge is 2.16. The Labute approximate surface area is 162 Å². The first-order chi connectivity index (χ1) is 13.1. The molecule has 27 heavy (non-hydrogen) atoms. The molecule has 0 aliphatic carbocycles. The molecule has 3 rings (SSSR count). The Morgan fingerprint density at radius 3 is 2.85 bits per heavy atom. The van der Waals surface area contributed by atoms with Crippen LogP contribution in [0.1, 0.15) is 13.8 Å². The van der Waals surface area contributed by atoms with Crippen LogP contribution in [0.15, 0.2) is 41.8 Å². The maximum atomic E-state index is 11.8. The Morgan fingerprint density at radius 2 is 2.15 bits per heavy atom. The van der Waals surface area contributed by atoms with Gasteiger partial charge in [0.2, 0.25) is 5.91 Å². The molecule has 2 heterocycles. The molecule has 7 nitrogen and oxygen atoms in total. The van der Waals surface area contributed by atoms with Gasteiger partial charge in [-0.25, -0.2) is 4.68 Å². The van der Waals surface area contributed by atoms with Gasteiger partial charge in [0.05, 0.1) is 17.2 Å². The van der Waals surface area contributed by atoms with E-state index < -0.39 is 0 Å². The van der Waals surface area contributed by atoms with Gasteiger partial charge in [-0.2, -0.15) is 4.98 Å². The number of aromatic nitrogens is 3. The maximum absolute atomic E-state index is 11.8. The molecule has 1 amide bonds. The highest BCUT2D eigenvalue weighted by atomic mass is 32.1. The minimum absolute atomic E-state index is 0.00118. The van der Waals surface area contributed by atoms with Crippen LogP contribution in [0, 0.1) is 5.92 Å². The quantitative estimate of drug-likeness (QED) is 0.640. The molecule has 3 aromatic rings. The average molecular weight is 386 g/mol. The lowest BCUT2D eigenvalue weighted by Crippen LogP contribution is -2.17. The summed E-state index contributed by atoms with van der Waals surface area (Å²) in [5, 5.41) is 9.31. The Kier molecular flexibility index (Phi) is 6.20. The third-order valence-electron chi connectivity index (χ3n) is 3.52. The van der Waals surface area contributed by atoms with Gasteiger partial charge in [-0.05, 0) is 35.6 Å². The number of benzene rings is 1. The number of nitrogens with one attached hydrogen (secondary N) is 1. The van der Waals surface area contributed by atoms with Gasteiger partial charge in [0, 0.05) is 12.8 Å². The standard InChI is InChI=1S/C19H22N4O3S/c1-13(2)11-26-19-21-18(16-8-5-9-27-16)23(22-19)15-7-4-6-14(10-15)20-17(24)12-25-3/h4-10,13H,11-12H2,1-3H3,(H,20,24). The molecule has 0 saturated carbocycles. The van der Waals surface area contributed by atoms with E-state index in [1.165, 1.54) is 7.11 Å². The van der Waals surface area contributed by atoms with Crippen LogP contribution in [0.2, 0.25) is 0 Å². The first-order valence-electron chi connectivity index (χ1n) is 8.59. The summed E-state index contributed by atoms with van der Waals surface area (Å²) in [6.07, 6.45) is 0. The van der Waals surface area contributed by atoms with Crippen molar-refractivity contribution in [2.75, 3.05) is 25.6 Å². The smallest absolute Gasteiger partial charge is 0.336 e. The van der Waals surface area contributed by atoms with E-state index in [4.69, 9.17) is 9.47 Å². The largest absolute Gasteiger partial charge is 0.462 e. The van der Waals surface area contributed by atoms with Crippen molar-refractivity contribution in [2.45, 2.75) is 13.8 Å². The summed E-state index contributed by atoms with van der Waals surface area (Å²) in [5.74, 6) is 0.860. The maximum Gasteiger partial charge on any atom is 0.336 e. The molecular formula is C19H22N4O3S. The van der Waals surface area contributed by atoms with Crippen LogP contribution in [0.4, 0.5) is 5.69 Å². The summed E-state index contributed by atoms with van der Waals surface area (Å²) in [4.78, 5) is 17.3. The Bertz CT molecular complexity index is 890. The highest BCUT2D eigenvalue weighted by Crippen LogP contribution is 2.28. The van der Waals surface area contributed by atoms with Crippen LogP contribution in [0.5, 0.6) is 6.01 Å². The fraction of sp³-hybridized carbons (Fsp3) is 0.316. The minimum atomic E-state index is -0.215. The van der Waals surface area contributed by atoms with E-state index in [-0.39, 0.29) is 12.5 Å². The number of anilines is 1. The van der Waals surface area contributed by atoms with Crippen LogP contribution in [0.25, 0.3) is 16.4 Å². The van der Waals surface area contributed by atoms with E-state index >= 15 is 0 Å². The second kappa shape index (κ2) is 8.79. The fourth-order valence-corrected chi connectivity index (χ4v) is 3.08. The number of thiophene rings is 1. The Balaban J connectivity index is 1.93. The zero-order valence-corrected chi connectivity index (χ0v) is 16.3. The molecule has 1 N–H and O–H groups in total. The number of rotatable bonds is 8. The lowest BCUT2D eigenvalue weighted by molar-refractivity contribution is -0.119. The lowest BCUT2D eigenvalue weighted by Gasteiger charge is -2.08. The van der Waals surface area contributed by atoms with Crippen LogP contribution in [-0.4, -0.2) is 41.0 Å². The second-order valence-corrected chi connectivity index (χ2v) is 7.29. The van der Waals surface area contributed by atoms with Crippen LogP contribution >= 0.6 is 11.3 Å². The van der Waals surface area contributed by atoms with Crippen molar-refractivity contribution >= 4 is 22.9 Å². The van der Waals surface area contributed by atoms with Gasteiger partial charge in [-0.3, -0.25) is 4.79 Å². The van der Waals surface area contributed by atoms with Gasteiger partial charge >= 0.3 is 6.01 Å². The van der Waals surface area contributed by atoms with Crippen molar-refractivity contribution < 1.29 is 14.3 Å². The normalized spacial score (nSPS) is 11.0. The van der Waals surface area contributed by atoms with Crippen LogP contribution < -0.4 is 10.1 Å². The predicted octanol–water partition coefficient (Wildman–Crippen LogP) is 3.62. The average Bonchev–Trinajstić information content (AvgIpc) is 3.30. The molecule has 0 spiro atoms. The molecule has 0 saturated heterocycles. The lowest BCUT2D eigenvalue weighted by atomic mass is 10.2. The van der Waals surface area contributed by atoms with E-state index in [2.05, 4.69) is 29.2 Å². The van der Waals surface area contributed by atoms with Gasteiger partial charge in [0.1, 0.15) is 6.61 Å². The van der Waals surface area contributed by atoms with Crippen molar-refractivity contribution in [3.63, 3.8) is 0 Å². The molecule has 2 aromatic heterocycles. The summed E-state index contributed by atoms with van der Waals surface area (Å²) < 4.78 is 12.3. The number of amides is 1. The number of hydrogen-bond donors (Lipinski definition) is 1. The van der Waals surface area contributed by atoms with Crippen molar-refractivity contribution in [2.24, 2.45) is 5.92 Å². The van der Waals surface area contributed by atoms with Crippen molar-refractivity contribution in [3.05, 3.63) is 41.8 Å². The minimum Gasteiger partial charge on any atom is -0.462 e. The Morgan fingerprint density at radius 1 is 1.30 bits per heavy atom. The molecule has 0 atom stereocenters. The van der Waals surface area contributed by atoms with Crippen molar-refractivity contribution in [1.29, 1.82) is 0 Å². The molecule has 0 fully saturated rings. The topological polar surface area (TPSA) is 78.3 Å². The van der Waals surface area contributed by atoms with Gasteiger partial charge in [0.15, 0.2) is 5.82 Å². The first kappa shape index (κ1) is 19.1. The summed E-state index contributed by atoms with van der Waals surface area (Å²) in [6, 6.07) is 11.7. The molecule has 1 aromatic carbocycles. The molecule has 142 valence electrons. The molecule has 0 bridgehead atoms. The number of carbonyl (C=O) groups is 1.